The van der Waals surface area contributed by atoms with E-state index in [1.54, 1.807) is 10.9 Å². The van der Waals surface area contributed by atoms with E-state index >= 15 is 0 Å². The Hall–Kier alpha value is -1.47. The average Bonchev–Trinajstić information content (AvgIpc) is 2.07. The van der Waals surface area contributed by atoms with Gasteiger partial charge < -0.3 is 4.74 Å². The summed E-state index contributed by atoms with van der Waals surface area (Å²) in [6.45, 7) is -0.355. The maximum Gasteiger partial charge on any atom is 0.426 e. The molecule has 0 radical (unpaired) electrons. The Morgan fingerprint density at radius 1 is 1.43 bits per heavy atom. The topological polar surface area (TPSA) is 67.4 Å². The standard InChI is InChI=1S/C6H9F3N2O3/c7-6(8,9)2-1-3-14-5(13)11-10-4-12/h4H,1-3H2,(H,10,12)(H,11,13). The van der Waals surface area contributed by atoms with Crippen molar-refractivity contribution < 1.29 is 27.5 Å². The molecule has 0 aliphatic carbocycles. The first kappa shape index (κ1) is 12.5. The van der Waals surface area contributed by atoms with Crippen molar-refractivity contribution in [1.29, 1.82) is 0 Å². The fraction of sp³-hybridized carbons (Fsp3) is 0.667. The van der Waals surface area contributed by atoms with Gasteiger partial charge in [-0.15, -0.1) is 0 Å². The molecule has 0 spiro atoms. The van der Waals surface area contributed by atoms with Crippen molar-refractivity contribution in [3.63, 3.8) is 0 Å². The number of halogens is 3. The molecule has 0 aliphatic rings. The minimum absolute atomic E-state index is 0.191. The van der Waals surface area contributed by atoms with E-state index in [1.807, 2.05) is 0 Å². The highest BCUT2D eigenvalue weighted by Gasteiger charge is 2.26. The third-order valence-corrected chi connectivity index (χ3v) is 1.07. The van der Waals surface area contributed by atoms with Gasteiger partial charge in [-0.25, -0.2) is 10.2 Å². The van der Waals surface area contributed by atoms with Crippen LogP contribution in [0.2, 0.25) is 0 Å². The fourth-order valence-corrected chi connectivity index (χ4v) is 0.562. The zero-order valence-corrected chi connectivity index (χ0v) is 7.06. The van der Waals surface area contributed by atoms with Crippen molar-refractivity contribution in [3.05, 3.63) is 0 Å². The second-order valence-electron chi connectivity index (χ2n) is 2.24. The highest BCUT2D eigenvalue weighted by Crippen LogP contribution is 2.20. The molecule has 0 heterocycles. The summed E-state index contributed by atoms with van der Waals surface area (Å²) >= 11 is 0. The molecule has 0 atom stereocenters. The zero-order chi connectivity index (χ0) is 11.0. The van der Waals surface area contributed by atoms with Gasteiger partial charge in [-0.1, -0.05) is 0 Å². The smallest absolute Gasteiger partial charge is 0.426 e. The summed E-state index contributed by atoms with van der Waals surface area (Å²) in [5, 5.41) is 0. The van der Waals surface area contributed by atoms with E-state index in [0.717, 1.165) is 0 Å². The van der Waals surface area contributed by atoms with Crippen LogP contribution in [0.3, 0.4) is 0 Å². The lowest BCUT2D eigenvalue weighted by atomic mass is 10.3. The molecule has 82 valence electrons. The molecule has 2 amide bonds. The summed E-state index contributed by atoms with van der Waals surface area (Å²) in [5.41, 5.74) is 3.55. The number of hydrogen-bond donors (Lipinski definition) is 2. The monoisotopic (exact) mass is 214 g/mol. The number of carbonyl (C=O) groups excluding carboxylic acids is 2. The molecule has 0 unspecified atom stereocenters. The van der Waals surface area contributed by atoms with Crippen molar-refractivity contribution in [2.75, 3.05) is 6.61 Å². The number of hydrazine groups is 1. The van der Waals surface area contributed by atoms with Crippen molar-refractivity contribution in [3.8, 4) is 0 Å². The van der Waals surface area contributed by atoms with Crippen molar-refractivity contribution in [2.24, 2.45) is 0 Å². The molecule has 14 heavy (non-hydrogen) atoms. The first-order valence-corrected chi connectivity index (χ1v) is 3.64. The van der Waals surface area contributed by atoms with Gasteiger partial charge >= 0.3 is 12.3 Å². The lowest BCUT2D eigenvalue weighted by molar-refractivity contribution is -0.137. The summed E-state index contributed by atoms with van der Waals surface area (Å²) in [6.07, 6.45) is -6.38. The Morgan fingerprint density at radius 3 is 2.57 bits per heavy atom. The van der Waals surface area contributed by atoms with Crippen LogP contribution in [-0.4, -0.2) is 25.3 Å². The van der Waals surface area contributed by atoms with Gasteiger partial charge in [-0.3, -0.25) is 10.2 Å². The highest BCUT2D eigenvalue weighted by atomic mass is 19.4. The van der Waals surface area contributed by atoms with Gasteiger partial charge in [0.15, 0.2) is 0 Å². The van der Waals surface area contributed by atoms with Crippen LogP contribution in [0.5, 0.6) is 0 Å². The van der Waals surface area contributed by atoms with E-state index in [1.165, 1.54) is 0 Å². The number of alkyl halides is 3. The molecule has 0 aromatic rings. The molecule has 0 aromatic carbocycles. The fourth-order valence-electron chi connectivity index (χ4n) is 0.562. The van der Waals surface area contributed by atoms with E-state index in [2.05, 4.69) is 4.74 Å². The van der Waals surface area contributed by atoms with Crippen LogP contribution in [0.15, 0.2) is 0 Å². The highest BCUT2D eigenvalue weighted by molar-refractivity contribution is 5.68. The second-order valence-corrected chi connectivity index (χ2v) is 2.24. The van der Waals surface area contributed by atoms with E-state index in [4.69, 9.17) is 0 Å². The molecule has 2 N–H and O–H groups in total. The Morgan fingerprint density at radius 2 is 2.07 bits per heavy atom. The van der Waals surface area contributed by atoms with Crippen LogP contribution in [0.4, 0.5) is 18.0 Å². The molecule has 0 bridgehead atoms. The predicted molar refractivity (Wildman–Crippen MR) is 39.0 cm³/mol. The lowest BCUT2D eigenvalue weighted by Gasteiger charge is -2.07. The Balaban J connectivity index is 3.36. The molecule has 0 saturated carbocycles. The molecule has 5 nitrogen and oxygen atoms in total. The first-order chi connectivity index (χ1) is 6.45. The van der Waals surface area contributed by atoms with E-state index in [-0.39, 0.29) is 19.4 Å². The number of rotatable bonds is 5. The summed E-state index contributed by atoms with van der Waals surface area (Å²) in [5.74, 6) is 0. The lowest BCUT2D eigenvalue weighted by Crippen LogP contribution is -2.36. The van der Waals surface area contributed by atoms with E-state index < -0.39 is 18.7 Å². The van der Waals surface area contributed by atoms with Crippen LogP contribution in [0, 0.1) is 0 Å². The van der Waals surface area contributed by atoms with Gasteiger partial charge in [0.1, 0.15) is 0 Å². The molecule has 0 fully saturated rings. The summed E-state index contributed by atoms with van der Waals surface area (Å²) in [7, 11) is 0. The number of carbonyl (C=O) groups is 2. The summed E-state index contributed by atoms with van der Waals surface area (Å²) < 4.78 is 39.0. The van der Waals surface area contributed by atoms with Crippen molar-refractivity contribution >= 4 is 12.5 Å². The van der Waals surface area contributed by atoms with Crippen LogP contribution in [0.1, 0.15) is 12.8 Å². The molecular weight excluding hydrogens is 205 g/mol. The Bertz CT molecular complexity index is 195. The minimum Gasteiger partial charge on any atom is -0.448 e. The molecule has 0 aliphatic heterocycles. The second kappa shape index (κ2) is 6.06. The van der Waals surface area contributed by atoms with Gasteiger partial charge in [-0.05, 0) is 6.42 Å². The van der Waals surface area contributed by atoms with Gasteiger partial charge in [-0.2, -0.15) is 13.2 Å². The summed E-state index contributed by atoms with van der Waals surface area (Å²) in [6, 6.07) is 0. The zero-order valence-electron chi connectivity index (χ0n) is 7.06. The number of nitrogens with one attached hydrogen (secondary N) is 2. The number of amides is 2. The largest absolute Gasteiger partial charge is 0.448 e. The SMILES string of the molecule is O=CNNC(=O)OCCCC(F)(F)F. The van der Waals surface area contributed by atoms with Crippen molar-refractivity contribution in [1.82, 2.24) is 10.9 Å². The number of ether oxygens (including phenoxy) is 1. The Kier molecular flexibility index (Phi) is 5.42. The van der Waals surface area contributed by atoms with E-state index in [9.17, 15) is 22.8 Å². The van der Waals surface area contributed by atoms with Crippen LogP contribution >= 0.6 is 0 Å². The quantitative estimate of drug-likeness (QED) is 0.402. The predicted octanol–water partition coefficient (Wildman–Crippen LogP) is 0.716. The van der Waals surface area contributed by atoms with Crippen LogP contribution < -0.4 is 10.9 Å². The van der Waals surface area contributed by atoms with Gasteiger partial charge in [0, 0.05) is 6.42 Å². The first-order valence-electron chi connectivity index (χ1n) is 3.64. The molecule has 0 rings (SSSR count). The van der Waals surface area contributed by atoms with Gasteiger partial charge in [0.25, 0.3) is 0 Å². The van der Waals surface area contributed by atoms with Gasteiger partial charge in [0.05, 0.1) is 6.61 Å². The van der Waals surface area contributed by atoms with Crippen LogP contribution in [0.25, 0.3) is 0 Å². The molecular formula is C6H9F3N2O3. The third kappa shape index (κ3) is 8.62. The summed E-state index contributed by atoms with van der Waals surface area (Å²) in [4.78, 5) is 20.1. The minimum atomic E-state index is -4.25. The Labute approximate surface area is 77.6 Å². The van der Waals surface area contributed by atoms with Crippen LogP contribution in [-0.2, 0) is 9.53 Å². The van der Waals surface area contributed by atoms with E-state index in [0.29, 0.717) is 0 Å². The molecule has 8 heteroatoms. The number of hydrogen-bond acceptors (Lipinski definition) is 3. The average molecular weight is 214 g/mol. The maximum atomic E-state index is 11.6. The molecule has 0 saturated heterocycles. The molecule has 0 aromatic heterocycles. The van der Waals surface area contributed by atoms with Gasteiger partial charge in [0.2, 0.25) is 6.41 Å². The van der Waals surface area contributed by atoms with Crippen molar-refractivity contribution in [2.45, 2.75) is 19.0 Å². The maximum absolute atomic E-state index is 11.6. The third-order valence-electron chi connectivity index (χ3n) is 1.07. The normalized spacial score (nSPS) is 10.5.